The van der Waals surface area contributed by atoms with Crippen molar-refractivity contribution in [3.63, 3.8) is 0 Å². The van der Waals surface area contributed by atoms with E-state index in [1.807, 2.05) is 0 Å². The lowest BCUT2D eigenvalue weighted by molar-refractivity contribution is -0.149. The van der Waals surface area contributed by atoms with Gasteiger partial charge in [0, 0.05) is 12.1 Å². The summed E-state index contributed by atoms with van der Waals surface area (Å²) in [6, 6.07) is 6.93. The predicted octanol–water partition coefficient (Wildman–Crippen LogP) is 1.22. The van der Waals surface area contributed by atoms with Crippen molar-refractivity contribution in [2.24, 2.45) is 5.73 Å². The lowest BCUT2D eigenvalue weighted by Gasteiger charge is -2.23. The van der Waals surface area contributed by atoms with Gasteiger partial charge in [-0.25, -0.2) is 4.79 Å². The maximum atomic E-state index is 12.0. The molecule has 0 heterocycles. The summed E-state index contributed by atoms with van der Waals surface area (Å²) < 4.78 is 4.91. The van der Waals surface area contributed by atoms with Gasteiger partial charge in [-0.3, -0.25) is 4.79 Å². The van der Waals surface area contributed by atoms with Crippen LogP contribution in [-0.2, 0) is 16.1 Å². The molecule has 3 N–H and O–H groups in total. The van der Waals surface area contributed by atoms with Crippen LogP contribution in [0.2, 0.25) is 0 Å². The molecule has 1 amide bonds. The minimum absolute atomic E-state index is 0.281. The molecule has 1 aromatic carbocycles. The Labute approximate surface area is 113 Å². The molecular weight excluding hydrogens is 244 g/mol. The molecule has 5 heteroatoms. The van der Waals surface area contributed by atoms with Crippen LogP contribution in [-0.4, -0.2) is 24.0 Å². The van der Waals surface area contributed by atoms with E-state index in [0.717, 1.165) is 5.56 Å². The lowest BCUT2D eigenvalue weighted by atomic mass is 10.0. The van der Waals surface area contributed by atoms with E-state index in [0.29, 0.717) is 12.1 Å². The smallest absolute Gasteiger partial charge is 0.331 e. The van der Waals surface area contributed by atoms with Crippen LogP contribution in [0.4, 0.5) is 0 Å². The highest BCUT2D eigenvalue weighted by molar-refractivity contribution is 5.97. The van der Waals surface area contributed by atoms with Gasteiger partial charge in [-0.05, 0) is 38.5 Å². The van der Waals surface area contributed by atoms with Gasteiger partial charge in [0.15, 0.2) is 0 Å². The molecule has 0 bridgehead atoms. The fraction of sp³-hybridized carbons (Fsp3) is 0.429. The molecule has 0 aliphatic rings. The molecule has 19 heavy (non-hydrogen) atoms. The fourth-order valence-electron chi connectivity index (χ4n) is 1.51. The second-order valence-electron chi connectivity index (χ2n) is 4.70. The first-order valence-corrected chi connectivity index (χ1v) is 6.19. The first kappa shape index (κ1) is 15.2. The van der Waals surface area contributed by atoms with Gasteiger partial charge >= 0.3 is 5.97 Å². The molecule has 0 spiro atoms. The summed E-state index contributed by atoms with van der Waals surface area (Å²) in [6.07, 6.45) is 0. The Morgan fingerprint density at radius 2 is 1.84 bits per heavy atom. The van der Waals surface area contributed by atoms with E-state index in [-0.39, 0.29) is 12.5 Å². The monoisotopic (exact) mass is 264 g/mol. The number of hydrogen-bond acceptors (Lipinski definition) is 4. The minimum Gasteiger partial charge on any atom is -0.464 e. The standard InChI is InChI=1S/C14H20N2O3/c1-4-19-13(18)14(2,3)16-12(17)11-7-5-10(9-15)6-8-11/h5-8H,4,9,15H2,1-3H3,(H,16,17). The van der Waals surface area contributed by atoms with Crippen molar-refractivity contribution < 1.29 is 14.3 Å². The quantitative estimate of drug-likeness (QED) is 0.783. The van der Waals surface area contributed by atoms with Crippen molar-refractivity contribution in [1.29, 1.82) is 0 Å². The number of esters is 1. The average Bonchev–Trinajstić information content (AvgIpc) is 2.38. The number of benzene rings is 1. The third-order valence-corrected chi connectivity index (χ3v) is 2.66. The molecule has 1 rings (SSSR count). The van der Waals surface area contributed by atoms with E-state index in [2.05, 4.69) is 5.32 Å². The highest BCUT2D eigenvalue weighted by Crippen LogP contribution is 2.09. The molecule has 5 nitrogen and oxygen atoms in total. The highest BCUT2D eigenvalue weighted by Gasteiger charge is 2.31. The van der Waals surface area contributed by atoms with Crippen LogP contribution in [0.3, 0.4) is 0 Å². The number of rotatable bonds is 5. The zero-order valence-corrected chi connectivity index (χ0v) is 11.5. The van der Waals surface area contributed by atoms with Crippen molar-refractivity contribution >= 4 is 11.9 Å². The summed E-state index contributed by atoms with van der Waals surface area (Å²) in [6.45, 7) is 5.65. The molecule has 0 atom stereocenters. The van der Waals surface area contributed by atoms with Crippen molar-refractivity contribution in [1.82, 2.24) is 5.32 Å². The van der Waals surface area contributed by atoms with Crippen LogP contribution >= 0.6 is 0 Å². The Kier molecular flexibility index (Phi) is 5.06. The van der Waals surface area contributed by atoms with E-state index in [4.69, 9.17) is 10.5 Å². The van der Waals surface area contributed by atoms with Gasteiger partial charge in [-0.1, -0.05) is 12.1 Å². The first-order valence-electron chi connectivity index (χ1n) is 6.19. The Hall–Kier alpha value is -1.88. The zero-order chi connectivity index (χ0) is 14.5. The van der Waals surface area contributed by atoms with Gasteiger partial charge in [-0.15, -0.1) is 0 Å². The molecule has 0 radical (unpaired) electrons. The normalized spacial score (nSPS) is 10.9. The van der Waals surface area contributed by atoms with E-state index in [1.165, 1.54) is 0 Å². The number of nitrogens with two attached hydrogens (primary N) is 1. The molecule has 0 unspecified atom stereocenters. The Balaban J connectivity index is 2.75. The third-order valence-electron chi connectivity index (χ3n) is 2.66. The SMILES string of the molecule is CCOC(=O)C(C)(C)NC(=O)c1ccc(CN)cc1. The molecule has 1 aromatic rings. The number of nitrogens with one attached hydrogen (secondary N) is 1. The number of carbonyl (C=O) groups excluding carboxylic acids is 2. The van der Waals surface area contributed by atoms with Crippen LogP contribution in [0.15, 0.2) is 24.3 Å². The van der Waals surface area contributed by atoms with Gasteiger partial charge in [0.05, 0.1) is 6.61 Å². The molecule has 0 saturated carbocycles. The average molecular weight is 264 g/mol. The minimum atomic E-state index is -1.06. The molecule has 0 aromatic heterocycles. The van der Waals surface area contributed by atoms with Crippen molar-refractivity contribution in [3.8, 4) is 0 Å². The van der Waals surface area contributed by atoms with Gasteiger partial charge in [0.25, 0.3) is 5.91 Å². The van der Waals surface area contributed by atoms with E-state index >= 15 is 0 Å². The molecular formula is C14H20N2O3. The third kappa shape index (κ3) is 4.06. The number of amides is 1. The summed E-state index contributed by atoms with van der Waals surface area (Å²) in [5.41, 5.74) is 5.86. The predicted molar refractivity (Wildman–Crippen MR) is 72.5 cm³/mol. The maximum absolute atomic E-state index is 12.0. The van der Waals surface area contributed by atoms with Crippen LogP contribution in [0.25, 0.3) is 0 Å². The second kappa shape index (κ2) is 6.33. The van der Waals surface area contributed by atoms with Gasteiger partial charge in [0.1, 0.15) is 5.54 Å². The van der Waals surface area contributed by atoms with Crippen LogP contribution in [0, 0.1) is 0 Å². The Bertz CT molecular complexity index is 452. The summed E-state index contributed by atoms with van der Waals surface area (Å²) in [5, 5.41) is 2.65. The van der Waals surface area contributed by atoms with Crippen molar-refractivity contribution in [3.05, 3.63) is 35.4 Å². The molecule has 0 fully saturated rings. The van der Waals surface area contributed by atoms with Gasteiger partial charge in [0.2, 0.25) is 0 Å². The van der Waals surface area contributed by atoms with E-state index < -0.39 is 11.5 Å². The van der Waals surface area contributed by atoms with Crippen molar-refractivity contribution in [2.75, 3.05) is 6.61 Å². The molecule has 104 valence electrons. The van der Waals surface area contributed by atoms with Crippen molar-refractivity contribution in [2.45, 2.75) is 32.9 Å². The Morgan fingerprint density at radius 3 is 2.32 bits per heavy atom. The van der Waals surface area contributed by atoms with Crippen LogP contribution in [0.5, 0.6) is 0 Å². The second-order valence-corrected chi connectivity index (χ2v) is 4.70. The summed E-state index contributed by atoms with van der Waals surface area (Å²) in [5.74, 6) is -0.774. The number of carbonyl (C=O) groups is 2. The van der Waals surface area contributed by atoms with Gasteiger partial charge in [-0.2, -0.15) is 0 Å². The van der Waals surface area contributed by atoms with Crippen LogP contribution in [0.1, 0.15) is 36.7 Å². The molecule has 0 aliphatic heterocycles. The summed E-state index contributed by atoms with van der Waals surface area (Å²) >= 11 is 0. The number of hydrogen-bond donors (Lipinski definition) is 2. The maximum Gasteiger partial charge on any atom is 0.331 e. The zero-order valence-electron chi connectivity index (χ0n) is 11.5. The molecule has 0 saturated heterocycles. The topological polar surface area (TPSA) is 81.4 Å². The lowest BCUT2D eigenvalue weighted by Crippen LogP contribution is -2.50. The number of ether oxygens (including phenoxy) is 1. The Morgan fingerprint density at radius 1 is 1.26 bits per heavy atom. The van der Waals surface area contributed by atoms with E-state index in [9.17, 15) is 9.59 Å². The van der Waals surface area contributed by atoms with Gasteiger partial charge < -0.3 is 15.8 Å². The first-order chi connectivity index (χ1) is 8.90. The summed E-state index contributed by atoms with van der Waals surface area (Å²) in [7, 11) is 0. The summed E-state index contributed by atoms with van der Waals surface area (Å²) in [4.78, 5) is 23.7. The van der Waals surface area contributed by atoms with E-state index in [1.54, 1.807) is 45.0 Å². The molecule has 0 aliphatic carbocycles. The fourth-order valence-corrected chi connectivity index (χ4v) is 1.51. The highest BCUT2D eigenvalue weighted by atomic mass is 16.5. The van der Waals surface area contributed by atoms with Crippen LogP contribution < -0.4 is 11.1 Å². The largest absolute Gasteiger partial charge is 0.464 e.